The van der Waals surface area contributed by atoms with Gasteiger partial charge in [0.1, 0.15) is 0 Å². The number of aryl methyl sites for hydroxylation is 1. The van der Waals surface area contributed by atoms with Gasteiger partial charge in [-0.3, -0.25) is 4.98 Å². The fraction of sp³-hybridized carbons (Fsp3) is 0.231. The molecule has 19 heavy (non-hydrogen) atoms. The molecule has 2 aromatic heterocycles. The first-order chi connectivity index (χ1) is 9.19. The van der Waals surface area contributed by atoms with E-state index in [9.17, 15) is 4.79 Å². The molecule has 0 radical (unpaired) electrons. The van der Waals surface area contributed by atoms with Crippen LogP contribution in [0.1, 0.15) is 5.69 Å². The van der Waals surface area contributed by atoms with Gasteiger partial charge in [-0.15, -0.1) is 0 Å². The molecule has 1 aromatic carbocycles. The third-order valence-corrected chi connectivity index (χ3v) is 3.10. The van der Waals surface area contributed by atoms with Crippen LogP contribution in [0.5, 0.6) is 0 Å². The van der Waals surface area contributed by atoms with Crippen LogP contribution in [0.15, 0.2) is 33.7 Å². The summed E-state index contributed by atoms with van der Waals surface area (Å²) in [6.07, 6.45) is 1.78. The average molecular weight is 258 g/mol. The van der Waals surface area contributed by atoms with Crippen molar-refractivity contribution in [1.82, 2.24) is 19.9 Å². The number of benzene rings is 1. The molecule has 0 saturated heterocycles. The molecule has 2 heterocycles. The maximum atomic E-state index is 11.2. The average Bonchev–Trinajstić information content (AvgIpc) is 2.92. The van der Waals surface area contributed by atoms with E-state index < -0.39 is 5.76 Å². The summed E-state index contributed by atoms with van der Waals surface area (Å²) in [4.78, 5) is 18.2. The highest BCUT2D eigenvalue weighted by molar-refractivity contribution is 5.79. The van der Waals surface area contributed by atoms with Crippen molar-refractivity contribution in [2.75, 3.05) is 7.05 Å². The quantitative estimate of drug-likeness (QED) is 0.741. The Kier molecular flexibility index (Phi) is 2.72. The summed E-state index contributed by atoms with van der Waals surface area (Å²) < 4.78 is 6.97. The molecule has 0 aliphatic heterocycles. The molecule has 98 valence electrons. The van der Waals surface area contributed by atoms with Crippen LogP contribution in [0.25, 0.3) is 22.4 Å². The third-order valence-electron chi connectivity index (χ3n) is 3.10. The van der Waals surface area contributed by atoms with Crippen LogP contribution in [0.2, 0.25) is 0 Å². The molecule has 0 fully saturated rings. The van der Waals surface area contributed by atoms with E-state index in [1.54, 1.807) is 12.4 Å². The van der Waals surface area contributed by atoms with Gasteiger partial charge in [0.15, 0.2) is 5.58 Å². The van der Waals surface area contributed by atoms with E-state index in [4.69, 9.17) is 4.42 Å². The molecule has 0 saturated carbocycles. The Balaban J connectivity index is 2.15. The highest BCUT2D eigenvalue weighted by atomic mass is 16.4. The van der Waals surface area contributed by atoms with Crippen molar-refractivity contribution >= 4 is 11.1 Å². The van der Waals surface area contributed by atoms with Crippen LogP contribution in [0.3, 0.4) is 0 Å². The number of hydrogen-bond donors (Lipinski definition) is 2. The monoisotopic (exact) mass is 258 g/mol. The summed E-state index contributed by atoms with van der Waals surface area (Å²) in [7, 11) is 3.86. The first-order valence-electron chi connectivity index (χ1n) is 5.97. The molecule has 0 atom stereocenters. The lowest BCUT2D eigenvalue weighted by Crippen LogP contribution is -2.09. The van der Waals surface area contributed by atoms with Crippen molar-refractivity contribution in [1.29, 1.82) is 0 Å². The summed E-state index contributed by atoms with van der Waals surface area (Å²) in [6, 6.07) is 5.56. The molecule has 0 bridgehead atoms. The number of fused-ring (bicyclic) bond motifs is 1. The number of nitrogens with zero attached hydrogens (tertiary/aromatic N) is 2. The Bertz CT molecular complexity index is 781. The Labute approximate surface area is 109 Å². The smallest absolute Gasteiger partial charge is 0.408 e. The standard InChI is InChI=1S/C13H14N4O2/c1-14-6-10-12(15-7-17(10)2)8-3-4-11-9(5-8)16-13(18)19-11/h3-5,7,14H,6H2,1-2H3,(H,16,18). The van der Waals surface area contributed by atoms with Crippen molar-refractivity contribution < 1.29 is 4.42 Å². The maximum absolute atomic E-state index is 11.2. The van der Waals surface area contributed by atoms with Crippen LogP contribution < -0.4 is 11.1 Å². The fourth-order valence-corrected chi connectivity index (χ4v) is 2.17. The van der Waals surface area contributed by atoms with E-state index in [-0.39, 0.29) is 0 Å². The minimum Gasteiger partial charge on any atom is -0.408 e. The molecule has 0 spiro atoms. The predicted octanol–water partition coefficient (Wildman–Crippen LogP) is 1.24. The predicted molar refractivity (Wildman–Crippen MR) is 71.8 cm³/mol. The van der Waals surface area contributed by atoms with Gasteiger partial charge in [-0.25, -0.2) is 9.78 Å². The summed E-state index contributed by atoms with van der Waals surface area (Å²) in [5, 5.41) is 3.13. The van der Waals surface area contributed by atoms with Gasteiger partial charge >= 0.3 is 5.76 Å². The van der Waals surface area contributed by atoms with Crippen molar-refractivity contribution in [2.24, 2.45) is 7.05 Å². The van der Waals surface area contributed by atoms with Gasteiger partial charge in [0, 0.05) is 19.2 Å². The van der Waals surface area contributed by atoms with Crippen LogP contribution in [-0.2, 0) is 13.6 Å². The number of imidazole rings is 1. The number of nitrogens with one attached hydrogen (secondary N) is 2. The fourth-order valence-electron chi connectivity index (χ4n) is 2.17. The Morgan fingerprint density at radius 3 is 3.11 bits per heavy atom. The highest BCUT2D eigenvalue weighted by Crippen LogP contribution is 2.24. The second kappa shape index (κ2) is 4.40. The Hall–Kier alpha value is -2.34. The SMILES string of the molecule is CNCc1c(-c2ccc3oc(=O)[nH]c3c2)ncn1C. The molecule has 3 aromatic rings. The second-order valence-corrected chi connectivity index (χ2v) is 4.41. The van der Waals surface area contributed by atoms with E-state index in [0.717, 1.165) is 23.5 Å². The lowest BCUT2D eigenvalue weighted by atomic mass is 10.1. The normalized spacial score (nSPS) is 11.3. The van der Waals surface area contributed by atoms with Crippen LogP contribution in [-0.4, -0.2) is 21.6 Å². The first-order valence-corrected chi connectivity index (χ1v) is 5.97. The molecule has 6 heteroatoms. The molecule has 0 aliphatic rings. The lowest BCUT2D eigenvalue weighted by Gasteiger charge is -2.05. The molecule has 0 amide bonds. The topological polar surface area (TPSA) is 75.8 Å². The van der Waals surface area contributed by atoms with Gasteiger partial charge in [-0.1, -0.05) is 0 Å². The molecule has 2 N–H and O–H groups in total. The largest absolute Gasteiger partial charge is 0.417 e. The van der Waals surface area contributed by atoms with Gasteiger partial charge in [0.2, 0.25) is 0 Å². The Morgan fingerprint density at radius 1 is 1.47 bits per heavy atom. The van der Waals surface area contributed by atoms with Gasteiger partial charge in [0.05, 0.1) is 23.2 Å². The lowest BCUT2D eigenvalue weighted by molar-refractivity contribution is 0.555. The maximum Gasteiger partial charge on any atom is 0.417 e. The molecular weight excluding hydrogens is 244 g/mol. The van der Waals surface area contributed by atoms with Crippen LogP contribution in [0, 0.1) is 0 Å². The van der Waals surface area contributed by atoms with E-state index in [1.807, 2.05) is 30.8 Å². The zero-order chi connectivity index (χ0) is 13.4. The third kappa shape index (κ3) is 1.96. The van der Waals surface area contributed by atoms with Gasteiger partial charge < -0.3 is 14.3 Å². The van der Waals surface area contributed by atoms with Gasteiger partial charge in [0.25, 0.3) is 0 Å². The Morgan fingerprint density at radius 2 is 2.32 bits per heavy atom. The second-order valence-electron chi connectivity index (χ2n) is 4.41. The minimum absolute atomic E-state index is 0.441. The van der Waals surface area contributed by atoms with Gasteiger partial charge in [-0.2, -0.15) is 0 Å². The molecule has 3 rings (SSSR count). The number of aromatic amines is 1. The molecule has 0 unspecified atom stereocenters. The highest BCUT2D eigenvalue weighted by Gasteiger charge is 2.12. The van der Waals surface area contributed by atoms with Crippen molar-refractivity contribution in [3.8, 4) is 11.3 Å². The van der Waals surface area contributed by atoms with E-state index in [1.165, 1.54) is 0 Å². The van der Waals surface area contributed by atoms with Gasteiger partial charge in [-0.05, 0) is 25.2 Å². The van der Waals surface area contributed by atoms with Crippen LogP contribution in [0.4, 0.5) is 0 Å². The molecular formula is C13H14N4O2. The number of H-pyrrole nitrogens is 1. The zero-order valence-corrected chi connectivity index (χ0v) is 10.7. The molecule has 0 aliphatic carbocycles. The first kappa shape index (κ1) is 11.7. The zero-order valence-electron chi connectivity index (χ0n) is 10.7. The summed E-state index contributed by atoms with van der Waals surface area (Å²) in [5.74, 6) is -0.441. The summed E-state index contributed by atoms with van der Waals surface area (Å²) in [6.45, 7) is 0.728. The van der Waals surface area contributed by atoms with Crippen LogP contribution >= 0.6 is 0 Å². The van der Waals surface area contributed by atoms with Crippen molar-refractivity contribution in [2.45, 2.75) is 6.54 Å². The number of oxazole rings is 1. The van der Waals surface area contributed by atoms with E-state index >= 15 is 0 Å². The minimum atomic E-state index is -0.441. The summed E-state index contributed by atoms with van der Waals surface area (Å²) >= 11 is 0. The molecule has 6 nitrogen and oxygen atoms in total. The van der Waals surface area contributed by atoms with E-state index in [2.05, 4.69) is 15.3 Å². The number of hydrogen-bond acceptors (Lipinski definition) is 4. The van der Waals surface area contributed by atoms with Crippen molar-refractivity contribution in [3.05, 3.63) is 40.8 Å². The number of aromatic nitrogens is 3. The summed E-state index contributed by atoms with van der Waals surface area (Å²) in [5.41, 5.74) is 4.19. The number of rotatable bonds is 3. The van der Waals surface area contributed by atoms with E-state index in [0.29, 0.717) is 11.1 Å². The van der Waals surface area contributed by atoms with Crippen molar-refractivity contribution in [3.63, 3.8) is 0 Å².